The number of oxime groups is 1. The number of nitrogens with zero attached hydrogens (tertiary/aromatic N) is 1. The molecule has 5 nitrogen and oxygen atoms in total. The van der Waals surface area contributed by atoms with Gasteiger partial charge in [0.05, 0.1) is 0 Å². The molecular weight excluding hydrogens is 254 g/mol. The van der Waals surface area contributed by atoms with Gasteiger partial charge in [0.25, 0.3) is 5.91 Å². The molecule has 1 aromatic carbocycles. The molecule has 0 aliphatic carbocycles. The third kappa shape index (κ3) is 3.50. The highest BCUT2D eigenvalue weighted by atomic mass is 16.4. The van der Waals surface area contributed by atoms with Crippen LogP contribution in [0.1, 0.15) is 40.9 Å². The minimum absolute atomic E-state index is 0.0927. The highest BCUT2D eigenvalue weighted by molar-refractivity contribution is 5.97. The van der Waals surface area contributed by atoms with Gasteiger partial charge in [-0.1, -0.05) is 36.7 Å². The average Bonchev–Trinajstić information content (AvgIpc) is 2.34. The molecule has 0 aromatic heterocycles. The third-order valence-corrected chi connectivity index (χ3v) is 3.40. The highest BCUT2D eigenvalue weighted by Crippen LogP contribution is 2.18. The lowest BCUT2D eigenvalue weighted by atomic mass is 9.91. The minimum atomic E-state index is -0.600. The van der Waals surface area contributed by atoms with Crippen molar-refractivity contribution in [1.82, 2.24) is 5.32 Å². The number of amidine groups is 1. The van der Waals surface area contributed by atoms with Crippen molar-refractivity contribution in [2.75, 3.05) is 6.54 Å². The number of rotatable bonds is 4. The van der Waals surface area contributed by atoms with Crippen LogP contribution in [0.15, 0.2) is 17.3 Å². The Labute approximate surface area is 119 Å². The van der Waals surface area contributed by atoms with Crippen LogP contribution in [0.4, 0.5) is 0 Å². The van der Waals surface area contributed by atoms with Crippen molar-refractivity contribution >= 4 is 11.7 Å². The van der Waals surface area contributed by atoms with Crippen LogP contribution in [-0.4, -0.2) is 23.5 Å². The average molecular weight is 277 g/mol. The Bertz CT molecular complexity index is 525. The summed E-state index contributed by atoms with van der Waals surface area (Å²) < 4.78 is 0. The van der Waals surface area contributed by atoms with Gasteiger partial charge in [0.2, 0.25) is 0 Å². The smallest absolute Gasteiger partial charge is 0.251 e. The molecule has 0 bridgehead atoms. The summed E-state index contributed by atoms with van der Waals surface area (Å²) in [6, 6.07) is 3.97. The van der Waals surface area contributed by atoms with Crippen LogP contribution in [-0.2, 0) is 0 Å². The zero-order valence-corrected chi connectivity index (χ0v) is 12.7. The fraction of sp³-hybridized carbons (Fsp3) is 0.467. The molecule has 0 aliphatic rings. The normalized spacial score (nSPS) is 12.3. The SMILES string of the molecule is Cc1cc(C)c(C(=O)NCC(C)(C)/C(N)=N/O)c(C)c1. The van der Waals surface area contributed by atoms with Crippen molar-refractivity contribution in [3.8, 4) is 0 Å². The van der Waals surface area contributed by atoms with Gasteiger partial charge in [-0.3, -0.25) is 4.79 Å². The molecule has 0 atom stereocenters. The Hall–Kier alpha value is -2.04. The van der Waals surface area contributed by atoms with Gasteiger partial charge in [0, 0.05) is 17.5 Å². The van der Waals surface area contributed by atoms with Gasteiger partial charge in [0.1, 0.15) is 5.84 Å². The van der Waals surface area contributed by atoms with E-state index < -0.39 is 5.41 Å². The summed E-state index contributed by atoms with van der Waals surface area (Å²) in [7, 11) is 0. The van der Waals surface area contributed by atoms with Crippen molar-refractivity contribution in [3.63, 3.8) is 0 Å². The number of amides is 1. The lowest BCUT2D eigenvalue weighted by Gasteiger charge is -2.23. The standard InChI is InChI=1S/C15H23N3O2/c1-9-6-10(2)12(11(3)7-9)13(19)17-8-15(4,5)14(16)18-20/h6-7,20H,8H2,1-5H3,(H2,16,18)(H,17,19). The van der Waals surface area contributed by atoms with Gasteiger partial charge in [-0.25, -0.2) is 0 Å². The molecule has 20 heavy (non-hydrogen) atoms. The molecule has 0 unspecified atom stereocenters. The second kappa shape index (κ2) is 5.94. The molecule has 0 spiro atoms. The minimum Gasteiger partial charge on any atom is -0.409 e. The van der Waals surface area contributed by atoms with Crippen molar-refractivity contribution < 1.29 is 10.0 Å². The Balaban J connectivity index is 2.89. The Morgan fingerprint density at radius 2 is 1.80 bits per heavy atom. The molecule has 0 aliphatic heterocycles. The van der Waals surface area contributed by atoms with Crippen LogP contribution in [0.2, 0.25) is 0 Å². The van der Waals surface area contributed by atoms with E-state index in [9.17, 15) is 4.79 Å². The summed E-state index contributed by atoms with van der Waals surface area (Å²) in [5, 5.41) is 14.6. The summed E-state index contributed by atoms with van der Waals surface area (Å²) >= 11 is 0. The largest absolute Gasteiger partial charge is 0.409 e. The van der Waals surface area contributed by atoms with E-state index in [1.807, 2.05) is 32.9 Å². The van der Waals surface area contributed by atoms with Gasteiger partial charge in [-0.05, 0) is 31.9 Å². The van der Waals surface area contributed by atoms with Crippen LogP contribution < -0.4 is 11.1 Å². The Morgan fingerprint density at radius 3 is 2.25 bits per heavy atom. The topological polar surface area (TPSA) is 87.7 Å². The summed E-state index contributed by atoms with van der Waals surface area (Å²) in [5.41, 5.74) is 8.71. The van der Waals surface area contributed by atoms with E-state index in [1.165, 1.54) is 0 Å². The number of aryl methyl sites for hydroxylation is 3. The molecule has 1 rings (SSSR count). The van der Waals surface area contributed by atoms with Crippen LogP contribution >= 0.6 is 0 Å². The maximum absolute atomic E-state index is 12.3. The first-order valence-corrected chi connectivity index (χ1v) is 6.53. The predicted octanol–water partition coefficient (Wildman–Crippen LogP) is 2.11. The van der Waals surface area contributed by atoms with Crippen LogP contribution in [0, 0.1) is 26.2 Å². The summed E-state index contributed by atoms with van der Waals surface area (Å²) in [5.74, 6) is -0.0473. The van der Waals surface area contributed by atoms with Crippen molar-refractivity contribution in [2.45, 2.75) is 34.6 Å². The second-order valence-corrected chi connectivity index (χ2v) is 5.83. The molecular formula is C15H23N3O2. The van der Waals surface area contributed by atoms with E-state index in [-0.39, 0.29) is 11.7 Å². The fourth-order valence-corrected chi connectivity index (χ4v) is 2.15. The first kappa shape index (κ1) is 16.0. The van der Waals surface area contributed by atoms with E-state index in [2.05, 4.69) is 10.5 Å². The van der Waals surface area contributed by atoms with Crippen molar-refractivity contribution in [1.29, 1.82) is 0 Å². The molecule has 0 saturated heterocycles. The van der Waals surface area contributed by atoms with Crippen LogP contribution in [0.25, 0.3) is 0 Å². The number of benzene rings is 1. The number of nitrogens with one attached hydrogen (secondary N) is 1. The van der Waals surface area contributed by atoms with Gasteiger partial charge >= 0.3 is 0 Å². The maximum atomic E-state index is 12.3. The quantitative estimate of drug-likeness (QED) is 0.341. The Kier molecular flexibility index (Phi) is 4.76. The monoisotopic (exact) mass is 277 g/mol. The first-order valence-electron chi connectivity index (χ1n) is 6.53. The zero-order chi connectivity index (χ0) is 15.5. The lowest BCUT2D eigenvalue weighted by Crippen LogP contribution is -2.42. The van der Waals surface area contributed by atoms with Gasteiger partial charge in [-0.2, -0.15) is 0 Å². The molecule has 110 valence electrons. The predicted molar refractivity (Wildman–Crippen MR) is 80.2 cm³/mol. The van der Waals surface area contributed by atoms with E-state index >= 15 is 0 Å². The van der Waals surface area contributed by atoms with Gasteiger partial charge in [0.15, 0.2) is 0 Å². The molecule has 4 N–H and O–H groups in total. The van der Waals surface area contributed by atoms with E-state index in [1.54, 1.807) is 13.8 Å². The maximum Gasteiger partial charge on any atom is 0.251 e. The number of hydrogen-bond acceptors (Lipinski definition) is 3. The van der Waals surface area contributed by atoms with Crippen LogP contribution in [0.5, 0.6) is 0 Å². The molecule has 5 heteroatoms. The van der Waals surface area contributed by atoms with E-state index in [0.29, 0.717) is 12.1 Å². The van der Waals surface area contributed by atoms with E-state index in [0.717, 1.165) is 16.7 Å². The Morgan fingerprint density at radius 1 is 1.30 bits per heavy atom. The third-order valence-electron chi connectivity index (χ3n) is 3.40. The molecule has 0 saturated carbocycles. The van der Waals surface area contributed by atoms with Crippen LogP contribution in [0.3, 0.4) is 0 Å². The highest BCUT2D eigenvalue weighted by Gasteiger charge is 2.25. The number of nitrogens with two attached hydrogens (primary N) is 1. The molecule has 0 heterocycles. The molecule has 1 amide bonds. The van der Waals surface area contributed by atoms with E-state index in [4.69, 9.17) is 10.9 Å². The summed E-state index contributed by atoms with van der Waals surface area (Å²) in [4.78, 5) is 12.3. The van der Waals surface area contributed by atoms with Crippen molar-refractivity contribution in [3.05, 3.63) is 34.4 Å². The molecule has 0 radical (unpaired) electrons. The molecule has 0 fully saturated rings. The van der Waals surface area contributed by atoms with Gasteiger partial charge < -0.3 is 16.3 Å². The fourth-order valence-electron chi connectivity index (χ4n) is 2.15. The van der Waals surface area contributed by atoms with Gasteiger partial charge in [-0.15, -0.1) is 0 Å². The molecule has 1 aromatic rings. The number of carbonyl (C=O) groups excluding carboxylic acids is 1. The summed E-state index contributed by atoms with van der Waals surface area (Å²) in [6.07, 6.45) is 0. The zero-order valence-electron chi connectivity index (χ0n) is 12.7. The summed E-state index contributed by atoms with van der Waals surface area (Å²) in [6.45, 7) is 9.75. The number of hydrogen-bond donors (Lipinski definition) is 3. The van der Waals surface area contributed by atoms with Crippen molar-refractivity contribution in [2.24, 2.45) is 16.3 Å². The first-order chi connectivity index (χ1) is 9.19. The number of carbonyl (C=O) groups is 1. The second-order valence-electron chi connectivity index (χ2n) is 5.83. The lowest BCUT2D eigenvalue weighted by molar-refractivity contribution is 0.0943.